The molecule has 7 atom stereocenters. The third-order valence-corrected chi connectivity index (χ3v) is 7.57. The molecule has 3 saturated carbocycles. The molecule has 4 aliphatic rings. The number of hydrogen-bond donors (Lipinski definition) is 0. The van der Waals surface area contributed by atoms with E-state index in [1.807, 2.05) is 6.92 Å². The van der Waals surface area contributed by atoms with Crippen LogP contribution in [-0.2, 0) is 14.3 Å². The van der Waals surface area contributed by atoms with E-state index in [9.17, 15) is 14.9 Å². The lowest BCUT2D eigenvalue weighted by atomic mass is 9.56. The van der Waals surface area contributed by atoms with Crippen molar-refractivity contribution in [3.63, 3.8) is 0 Å². The van der Waals surface area contributed by atoms with Crippen LogP contribution in [0, 0.1) is 39.2 Å². The highest BCUT2D eigenvalue weighted by Crippen LogP contribution is 2.75. The predicted molar refractivity (Wildman–Crippen MR) is 81.4 cm³/mol. The summed E-state index contributed by atoms with van der Waals surface area (Å²) >= 11 is 6.67. The van der Waals surface area contributed by atoms with Gasteiger partial charge in [0.25, 0.3) is 0 Å². The first-order chi connectivity index (χ1) is 10.9. The summed E-state index contributed by atoms with van der Waals surface area (Å²) in [7, 11) is 1.42. The highest BCUT2D eigenvalue weighted by Gasteiger charge is 2.80. The second-order valence-electron chi connectivity index (χ2n) is 7.72. The van der Waals surface area contributed by atoms with Crippen molar-refractivity contribution in [2.75, 3.05) is 7.11 Å². The number of nitro groups is 1. The Morgan fingerprint density at radius 3 is 2.61 bits per heavy atom. The summed E-state index contributed by atoms with van der Waals surface area (Å²) in [5.74, 6) is -0.593. The van der Waals surface area contributed by atoms with E-state index in [0.717, 1.165) is 12.8 Å². The van der Waals surface area contributed by atoms with Crippen LogP contribution < -0.4 is 0 Å². The number of halogens is 1. The fraction of sp³-hybridized carbons (Fsp3) is 0.938. The van der Waals surface area contributed by atoms with Gasteiger partial charge in [0.1, 0.15) is 6.10 Å². The third-order valence-electron chi connectivity index (χ3n) is 6.92. The molecule has 0 radical (unpaired) electrons. The second kappa shape index (κ2) is 4.82. The minimum absolute atomic E-state index is 0.00233. The number of carbonyl (C=O) groups is 1. The average Bonchev–Trinajstić information content (AvgIpc) is 3.39. The molecular weight excluding hydrogens is 322 g/mol. The maximum absolute atomic E-state index is 12.4. The van der Waals surface area contributed by atoms with Crippen molar-refractivity contribution < 1.29 is 19.2 Å². The van der Waals surface area contributed by atoms with Crippen LogP contribution in [0.5, 0.6) is 0 Å². The van der Waals surface area contributed by atoms with Crippen molar-refractivity contribution in [1.29, 1.82) is 0 Å². The first-order valence-electron chi connectivity index (χ1n) is 8.45. The van der Waals surface area contributed by atoms with Crippen molar-refractivity contribution in [3.8, 4) is 0 Å². The summed E-state index contributed by atoms with van der Waals surface area (Å²) in [6.45, 7) is 2.03. The van der Waals surface area contributed by atoms with Gasteiger partial charge in [-0.05, 0) is 37.0 Å². The number of rotatable bonds is 2. The molecule has 1 heterocycles. The molecule has 2 bridgehead atoms. The fourth-order valence-electron chi connectivity index (χ4n) is 5.82. The average molecular weight is 344 g/mol. The van der Waals surface area contributed by atoms with Gasteiger partial charge in [-0.15, -0.1) is 0 Å². The standard InChI is InChI=1S/C16H22ClNO5/c1-8-11-9(14(19)22-2)4-3-5-10(18(20)21)12(15(11)6-7-15)13-16(8,17)23-13/h8-13H,3-7H2,1-2H3/t8-,9+,10-,11?,12?,13+,16-/m0/s1. The lowest BCUT2D eigenvalue weighted by Gasteiger charge is -2.47. The second-order valence-corrected chi connectivity index (χ2v) is 8.31. The van der Waals surface area contributed by atoms with Crippen LogP contribution in [0.4, 0.5) is 0 Å². The van der Waals surface area contributed by atoms with Gasteiger partial charge in [0.05, 0.1) is 18.9 Å². The van der Waals surface area contributed by atoms with Crippen LogP contribution in [0.3, 0.4) is 0 Å². The molecule has 6 nitrogen and oxygen atoms in total. The van der Waals surface area contributed by atoms with Crippen molar-refractivity contribution in [2.45, 2.75) is 56.2 Å². The van der Waals surface area contributed by atoms with Gasteiger partial charge in [-0.3, -0.25) is 14.9 Å². The summed E-state index contributed by atoms with van der Waals surface area (Å²) < 4.78 is 10.9. The zero-order chi connectivity index (χ0) is 16.6. The Morgan fingerprint density at radius 2 is 2.04 bits per heavy atom. The lowest BCUT2D eigenvalue weighted by Crippen LogP contribution is -2.55. The monoisotopic (exact) mass is 343 g/mol. The number of carbonyl (C=O) groups excluding carboxylic acids is 1. The Kier molecular flexibility index (Phi) is 3.28. The van der Waals surface area contributed by atoms with Crippen molar-refractivity contribution in [1.82, 2.24) is 0 Å². The number of methoxy groups -OCH3 is 1. The Hall–Kier alpha value is -0.880. The summed E-state index contributed by atoms with van der Waals surface area (Å²) in [5, 5.41) is 10.8. The van der Waals surface area contributed by atoms with E-state index in [1.165, 1.54) is 7.11 Å². The summed E-state index contributed by atoms with van der Waals surface area (Å²) in [6.07, 6.45) is 3.40. The van der Waals surface area contributed by atoms with Gasteiger partial charge in [0, 0.05) is 17.3 Å². The number of ether oxygens (including phenoxy) is 2. The highest BCUT2D eigenvalue weighted by atomic mass is 35.5. The number of fused-ring (bicyclic) bond motifs is 2. The van der Waals surface area contributed by atoms with E-state index in [-0.39, 0.29) is 46.1 Å². The van der Waals surface area contributed by atoms with Gasteiger partial charge < -0.3 is 9.47 Å². The number of epoxide rings is 1. The smallest absolute Gasteiger partial charge is 0.308 e. The van der Waals surface area contributed by atoms with E-state index < -0.39 is 11.1 Å². The molecule has 1 saturated heterocycles. The molecule has 3 aliphatic carbocycles. The number of alkyl halides is 1. The zero-order valence-electron chi connectivity index (χ0n) is 13.4. The quantitative estimate of drug-likeness (QED) is 0.253. The normalized spacial score (nSPS) is 49.5. The Balaban J connectivity index is 1.80. The van der Waals surface area contributed by atoms with E-state index in [1.54, 1.807) is 0 Å². The van der Waals surface area contributed by atoms with Crippen LogP contribution in [-0.4, -0.2) is 35.2 Å². The summed E-state index contributed by atoms with van der Waals surface area (Å²) in [5.41, 5.74) is -0.171. The molecule has 0 N–H and O–H groups in total. The topological polar surface area (TPSA) is 82.0 Å². The largest absolute Gasteiger partial charge is 0.469 e. The first-order valence-corrected chi connectivity index (χ1v) is 8.82. The molecule has 0 amide bonds. The van der Waals surface area contributed by atoms with Crippen LogP contribution in [0.25, 0.3) is 0 Å². The molecule has 0 aromatic rings. The first kappa shape index (κ1) is 15.6. The van der Waals surface area contributed by atoms with Crippen LogP contribution >= 0.6 is 11.6 Å². The minimum atomic E-state index is -0.832. The summed E-state index contributed by atoms with van der Waals surface area (Å²) in [4.78, 5) is 23.9. The molecule has 1 spiro atoms. The molecule has 0 aromatic heterocycles. The van der Waals surface area contributed by atoms with Crippen LogP contribution in [0.1, 0.15) is 39.0 Å². The molecule has 0 aromatic carbocycles. The molecule has 23 heavy (non-hydrogen) atoms. The minimum Gasteiger partial charge on any atom is -0.469 e. The van der Waals surface area contributed by atoms with Gasteiger partial charge in [0.15, 0.2) is 5.06 Å². The Labute approximate surface area is 140 Å². The Morgan fingerprint density at radius 1 is 1.35 bits per heavy atom. The van der Waals surface area contributed by atoms with E-state index in [0.29, 0.717) is 19.3 Å². The van der Waals surface area contributed by atoms with E-state index >= 15 is 0 Å². The fourth-order valence-corrected chi connectivity index (χ4v) is 6.18. The van der Waals surface area contributed by atoms with E-state index in [4.69, 9.17) is 21.1 Å². The van der Waals surface area contributed by atoms with Crippen LogP contribution in [0.15, 0.2) is 0 Å². The molecule has 2 unspecified atom stereocenters. The number of nitrogens with zero attached hydrogens (tertiary/aromatic N) is 1. The van der Waals surface area contributed by atoms with E-state index in [2.05, 4.69) is 0 Å². The number of esters is 1. The third kappa shape index (κ3) is 1.94. The molecule has 4 rings (SSSR count). The maximum Gasteiger partial charge on any atom is 0.308 e. The molecule has 7 heteroatoms. The van der Waals surface area contributed by atoms with Gasteiger partial charge in [-0.25, -0.2) is 0 Å². The molecule has 128 valence electrons. The Bertz CT molecular complexity index is 565. The van der Waals surface area contributed by atoms with Gasteiger partial charge in [0.2, 0.25) is 6.04 Å². The SMILES string of the molecule is COC(=O)[C@@H]1CCC[C@H]([N+](=O)[O-])C2[C@H]3O[C@@]3(Cl)[C@@H](C)C1C21CC1. The predicted octanol–water partition coefficient (Wildman–Crippen LogP) is 2.60. The summed E-state index contributed by atoms with van der Waals surface area (Å²) in [6, 6.07) is -0.614. The zero-order valence-corrected chi connectivity index (χ0v) is 14.1. The lowest BCUT2D eigenvalue weighted by molar-refractivity contribution is -0.538. The molecular formula is C16H22ClNO5. The van der Waals surface area contributed by atoms with Gasteiger partial charge >= 0.3 is 5.97 Å². The van der Waals surface area contributed by atoms with Gasteiger partial charge in [-0.2, -0.15) is 0 Å². The number of hydrogen-bond acceptors (Lipinski definition) is 5. The van der Waals surface area contributed by atoms with Gasteiger partial charge in [-0.1, -0.05) is 18.5 Å². The van der Waals surface area contributed by atoms with Crippen LogP contribution in [0.2, 0.25) is 0 Å². The highest BCUT2D eigenvalue weighted by molar-refractivity contribution is 6.25. The van der Waals surface area contributed by atoms with Crippen molar-refractivity contribution >= 4 is 17.6 Å². The van der Waals surface area contributed by atoms with Crippen molar-refractivity contribution in [2.24, 2.45) is 29.1 Å². The molecule has 4 fully saturated rings. The molecule has 1 aliphatic heterocycles. The maximum atomic E-state index is 12.4. The van der Waals surface area contributed by atoms with Crippen molar-refractivity contribution in [3.05, 3.63) is 10.1 Å².